The van der Waals surface area contributed by atoms with E-state index in [2.05, 4.69) is 5.32 Å². The van der Waals surface area contributed by atoms with Gasteiger partial charge in [-0.2, -0.15) is 0 Å². The molecule has 1 saturated heterocycles. The smallest absolute Gasteiger partial charge is 0.274 e. The number of nitro groups is 1. The molecular formula is C14H17FN2O4. The minimum Gasteiger partial charge on any atom is -0.382 e. The molecule has 0 atom stereocenters. The molecular weight excluding hydrogens is 279 g/mol. The van der Waals surface area contributed by atoms with E-state index in [0.717, 1.165) is 31.7 Å². The van der Waals surface area contributed by atoms with Gasteiger partial charge in [-0.3, -0.25) is 10.1 Å². The molecule has 6 nitrogen and oxygen atoms in total. The average molecular weight is 296 g/mol. The van der Waals surface area contributed by atoms with Gasteiger partial charge in [0.2, 0.25) is 0 Å². The zero-order valence-electron chi connectivity index (χ0n) is 11.5. The van der Waals surface area contributed by atoms with Crippen molar-refractivity contribution in [3.05, 3.63) is 34.1 Å². The van der Waals surface area contributed by atoms with Crippen molar-refractivity contribution in [2.75, 3.05) is 18.5 Å². The van der Waals surface area contributed by atoms with E-state index in [0.29, 0.717) is 18.9 Å². The molecule has 1 N–H and O–H groups in total. The van der Waals surface area contributed by atoms with Crippen LogP contribution in [0.5, 0.6) is 0 Å². The monoisotopic (exact) mass is 296 g/mol. The minimum atomic E-state index is -0.610. The molecule has 2 aliphatic rings. The van der Waals surface area contributed by atoms with E-state index in [4.69, 9.17) is 9.47 Å². The first-order valence-corrected chi connectivity index (χ1v) is 7.06. The maximum atomic E-state index is 13.4. The number of rotatable bonds is 3. The second-order valence-corrected chi connectivity index (χ2v) is 5.48. The van der Waals surface area contributed by atoms with Crippen LogP contribution < -0.4 is 5.32 Å². The lowest BCUT2D eigenvalue weighted by molar-refractivity contribution is -0.385. The lowest BCUT2D eigenvalue weighted by atomic mass is 9.90. The van der Waals surface area contributed by atoms with Crippen LogP contribution >= 0.6 is 0 Å². The van der Waals surface area contributed by atoms with Crippen LogP contribution in [0.15, 0.2) is 18.2 Å². The van der Waals surface area contributed by atoms with Crippen molar-refractivity contribution in [1.29, 1.82) is 0 Å². The first kappa shape index (κ1) is 14.2. The summed E-state index contributed by atoms with van der Waals surface area (Å²) in [6.45, 7) is 1.27. The summed E-state index contributed by atoms with van der Waals surface area (Å²) in [5.74, 6) is -1.05. The third-order valence-electron chi connectivity index (χ3n) is 4.03. The number of nitrogens with one attached hydrogen (secondary N) is 1. The fourth-order valence-electron chi connectivity index (χ4n) is 2.99. The molecule has 1 heterocycles. The summed E-state index contributed by atoms with van der Waals surface area (Å²) in [5, 5.41) is 13.9. The summed E-state index contributed by atoms with van der Waals surface area (Å²) >= 11 is 0. The van der Waals surface area contributed by atoms with Gasteiger partial charge in [-0.1, -0.05) is 0 Å². The van der Waals surface area contributed by atoms with Crippen LogP contribution in [0.2, 0.25) is 0 Å². The zero-order valence-corrected chi connectivity index (χ0v) is 11.5. The number of hydrogen-bond donors (Lipinski definition) is 1. The maximum absolute atomic E-state index is 13.4. The first-order chi connectivity index (χ1) is 10.1. The van der Waals surface area contributed by atoms with Crippen molar-refractivity contribution in [3.8, 4) is 0 Å². The number of nitro benzene ring substituents is 1. The van der Waals surface area contributed by atoms with Crippen molar-refractivity contribution in [3.63, 3.8) is 0 Å². The van der Waals surface area contributed by atoms with Gasteiger partial charge in [-0.25, -0.2) is 4.39 Å². The Labute approximate surface area is 121 Å². The molecule has 0 amide bonds. The molecule has 1 saturated carbocycles. The first-order valence-electron chi connectivity index (χ1n) is 7.06. The predicted octanol–water partition coefficient (Wildman–Crippen LogP) is 2.83. The van der Waals surface area contributed by atoms with Crippen LogP contribution in [-0.4, -0.2) is 30.0 Å². The molecule has 2 fully saturated rings. The van der Waals surface area contributed by atoms with Crippen LogP contribution in [0.25, 0.3) is 0 Å². The highest BCUT2D eigenvalue weighted by molar-refractivity contribution is 5.52. The van der Waals surface area contributed by atoms with Crippen LogP contribution in [0, 0.1) is 15.9 Å². The Kier molecular flexibility index (Phi) is 3.77. The average Bonchev–Trinajstić information content (AvgIpc) is 2.89. The zero-order chi connectivity index (χ0) is 14.9. The normalized spacial score (nSPS) is 21.6. The molecule has 3 rings (SSSR count). The lowest BCUT2D eigenvalue weighted by Gasteiger charge is -2.35. The Morgan fingerprint density at radius 1 is 1.24 bits per heavy atom. The number of halogens is 1. The molecule has 7 heteroatoms. The van der Waals surface area contributed by atoms with Gasteiger partial charge in [0.25, 0.3) is 5.69 Å². The molecule has 21 heavy (non-hydrogen) atoms. The molecule has 0 aromatic heterocycles. The molecule has 1 aliphatic heterocycles. The molecule has 1 spiro atoms. The second kappa shape index (κ2) is 5.57. The van der Waals surface area contributed by atoms with E-state index >= 15 is 0 Å². The maximum Gasteiger partial charge on any atom is 0.274 e. The van der Waals surface area contributed by atoms with Gasteiger partial charge in [0.1, 0.15) is 5.82 Å². The summed E-state index contributed by atoms with van der Waals surface area (Å²) < 4.78 is 24.7. The Hall–Kier alpha value is -1.73. The van der Waals surface area contributed by atoms with Crippen LogP contribution in [0.4, 0.5) is 15.8 Å². The van der Waals surface area contributed by atoms with E-state index in [9.17, 15) is 14.5 Å². The molecule has 0 bridgehead atoms. The lowest BCUT2D eigenvalue weighted by Crippen LogP contribution is -2.39. The Morgan fingerprint density at radius 2 is 1.90 bits per heavy atom. The fourth-order valence-corrected chi connectivity index (χ4v) is 2.99. The Balaban J connectivity index is 1.64. The number of non-ortho nitro benzene ring substituents is 1. The molecule has 1 aromatic carbocycles. The molecule has 1 aromatic rings. The highest BCUT2D eigenvalue weighted by Gasteiger charge is 2.40. The van der Waals surface area contributed by atoms with Crippen LogP contribution in [-0.2, 0) is 9.47 Å². The highest BCUT2D eigenvalue weighted by atomic mass is 19.1. The van der Waals surface area contributed by atoms with Gasteiger partial charge in [0, 0.05) is 30.6 Å². The van der Waals surface area contributed by atoms with Gasteiger partial charge < -0.3 is 14.8 Å². The highest BCUT2D eigenvalue weighted by Crippen LogP contribution is 2.36. The Bertz CT molecular complexity index is 536. The van der Waals surface area contributed by atoms with Crippen molar-refractivity contribution >= 4 is 11.4 Å². The fraction of sp³-hybridized carbons (Fsp3) is 0.571. The summed E-state index contributed by atoms with van der Waals surface area (Å²) in [7, 11) is 0. The van der Waals surface area contributed by atoms with Gasteiger partial charge in [0.05, 0.1) is 24.2 Å². The number of nitrogens with zero attached hydrogens (tertiary/aromatic N) is 1. The van der Waals surface area contributed by atoms with Crippen LogP contribution in [0.3, 0.4) is 0 Å². The second-order valence-electron chi connectivity index (χ2n) is 5.48. The number of ether oxygens (including phenoxy) is 2. The molecule has 1 aliphatic carbocycles. The quantitative estimate of drug-likeness (QED) is 0.686. The Morgan fingerprint density at radius 3 is 2.52 bits per heavy atom. The predicted molar refractivity (Wildman–Crippen MR) is 73.6 cm³/mol. The van der Waals surface area contributed by atoms with Crippen molar-refractivity contribution in [1.82, 2.24) is 0 Å². The molecule has 0 radical (unpaired) electrons. The number of anilines is 1. The van der Waals surface area contributed by atoms with E-state index in [1.54, 1.807) is 0 Å². The van der Waals surface area contributed by atoms with Gasteiger partial charge in [-0.05, 0) is 18.9 Å². The van der Waals surface area contributed by atoms with E-state index in [1.165, 1.54) is 12.1 Å². The number of hydrogen-bond acceptors (Lipinski definition) is 5. The largest absolute Gasteiger partial charge is 0.382 e. The van der Waals surface area contributed by atoms with Gasteiger partial charge in [0.15, 0.2) is 5.79 Å². The van der Waals surface area contributed by atoms with Crippen molar-refractivity contribution in [2.45, 2.75) is 37.5 Å². The van der Waals surface area contributed by atoms with Gasteiger partial charge in [-0.15, -0.1) is 0 Å². The van der Waals surface area contributed by atoms with E-state index < -0.39 is 16.5 Å². The summed E-state index contributed by atoms with van der Waals surface area (Å²) in [6, 6.07) is 3.70. The van der Waals surface area contributed by atoms with Crippen molar-refractivity contribution < 1.29 is 18.8 Å². The van der Waals surface area contributed by atoms with E-state index in [1.807, 2.05) is 0 Å². The van der Waals surface area contributed by atoms with Crippen molar-refractivity contribution in [2.24, 2.45) is 0 Å². The third-order valence-corrected chi connectivity index (χ3v) is 4.03. The minimum absolute atomic E-state index is 0.143. The summed E-state index contributed by atoms with van der Waals surface area (Å²) in [4.78, 5) is 10.2. The SMILES string of the molecule is O=[N+]([O-])c1cc(F)cc(NC2CCC3(CC2)OCCO3)c1. The van der Waals surface area contributed by atoms with Crippen LogP contribution in [0.1, 0.15) is 25.7 Å². The number of benzene rings is 1. The third kappa shape index (κ3) is 3.14. The standard InChI is InChI=1S/C14H17FN2O4/c15-10-7-12(9-13(8-10)17(18)19)16-11-1-3-14(4-2-11)20-5-6-21-14/h7-9,11,16H,1-6H2. The molecule has 114 valence electrons. The molecule has 0 unspecified atom stereocenters. The summed E-state index contributed by atoms with van der Waals surface area (Å²) in [5.41, 5.74) is 0.197. The topological polar surface area (TPSA) is 73.6 Å². The summed E-state index contributed by atoms with van der Waals surface area (Å²) in [6.07, 6.45) is 3.21. The van der Waals surface area contributed by atoms with E-state index in [-0.39, 0.29) is 11.7 Å². The van der Waals surface area contributed by atoms with Gasteiger partial charge >= 0.3 is 0 Å².